The highest BCUT2D eigenvalue weighted by Gasteiger charge is 2.32. The maximum Gasteiger partial charge on any atom is 0.223 e. The van der Waals surface area contributed by atoms with Crippen molar-refractivity contribution in [2.45, 2.75) is 13.3 Å². The van der Waals surface area contributed by atoms with Gasteiger partial charge in [-0.2, -0.15) is 0 Å². The fourth-order valence-electron chi connectivity index (χ4n) is 1.94. The average Bonchev–Trinajstić information content (AvgIpc) is 2.79. The second-order valence-electron chi connectivity index (χ2n) is 4.56. The number of likely N-dealkylation sites (tertiary alicyclic amines) is 1. The molecule has 0 radical (unpaired) electrons. The lowest BCUT2D eigenvalue weighted by Crippen LogP contribution is -2.31. The SMILES string of the molecule is CCOCCOCCOCCN1CC(C(N)=O)CC1=O. The summed E-state index contributed by atoms with van der Waals surface area (Å²) >= 11 is 0. The molecule has 0 aromatic carbocycles. The minimum Gasteiger partial charge on any atom is -0.379 e. The van der Waals surface area contributed by atoms with Gasteiger partial charge in [0.05, 0.1) is 39.0 Å². The van der Waals surface area contributed by atoms with E-state index < -0.39 is 5.91 Å². The molecule has 1 aliphatic heterocycles. The molecule has 1 atom stereocenters. The minimum absolute atomic E-state index is 0.0367. The van der Waals surface area contributed by atoms with E-state index in [1.807, 2.05) is 6.92 Å². The molecule has 0 saturated carbocycles. The number of ether oxygens (including phenoxy) is 3. The van der Waals surface area contributed by atoms with Crippen LogP contribution in [0.5, 0.6) is 0 Å². The molecule has 0 spiro atoms. The van der Waals surface area contributed by atoms with Crippen LogP contribution in [0.15, 0.2) is 0 Å². The lowest BCUT2D eigenvalue weighted by Gasteiger charge is -2.16. The zero-order valence-electron chi connectivity index (χ0n) is 12.0. The number of amides is 2. The van der Waals surface area contributed by atoms with E-state index >= 15 is 0 Å². The van der Waals surface area contributed by atoms with Gasteiger partial charge in [-0.05, 0) is 6.92 Å². The van der Waals surface area contributed by atoms with Crippen LogP contribution in [-0.2, 0) is 23.8 Å². The summed E-state index contributed by atoms with van der Waals surface area (Å²) in [5.74, 6) is -0.806. The van der Waals surface area contributed by atoms with E-state index in [-0.39, 0.29) is 18.2 Å². The molecule has 1 aliphatic rings. The number of nitrogens with zero attached hydrogens (tertiary/aromatic N) is 1. The quantitative estimate of drug-likeness (QED) is 0.512. The number of hydrogen-bond acceptors (Lipinski definition) is 5. The van der Waals surface area contributed by atoms with E-state index in [0.717, 1.165) is 0 Å². The summed E-state index contributed by atoms with van der Waals surface area (Å²) in [6, 6.07) is 0. The number of nitrogens with two attached hydrogens (primary N) is 1. The van der Waals surface area contributed by atoms with E-state index in [0.29, 0.717) is 52.7 Å². The van der Waals surface area contributed by atoms with Crippen LogP contribution >= 0.6 is 0 Å². The Morgan fingerprint density at radius 2 is 1.80 bits per heavy atom. The molecule has 7 heteroatoms. The van der Waals surface area contributed by atoms with Crippen LogP contribution in [0.1, 0.15) is 13.3 Å². The number of carbonyl (C=O) groups is 2. The first-order valence-electron chi connectivity index (χ1n) is 6.95. The van der Waals surface area contributed by atoms with Gasteiger partial charge in [0.2, 0.25) is 11.8 Å². The maximum atomic E-state index is 11.6. The Bertz CT molecular complexity index is 311. The first-order valence-corrected chi connectivity index (χ1v) is 6.95. The van der Waals surface area contributed by atoms with Gasteiger partial charge >= 0.3 is 0 Å². The lowest BCUT2D eigenvalue weighted by molar-refractivity contribution is -0.129. The average molecular weight is 288 g/mol. The Labute approximate surface area is 119 Å². The summed E-state index contributed by atoms with van der Waals surface area (Å²) in [7, 11) is 0. The van der Waals surface area contributed by atoms with E-state index in [9.17, 15) is 9.59 Å². The van der Waals surface area contributed by atoms with Crippen LogP contribution in [0.3, 0.4) is 0 Å². The molecule has 0 aliphatic carbocycles. The summed E-state index contributed by atoms with van der Waals surface area (Å²) in [6.07, 6.45) is 0.218. The van der Waals surface area contributed by atoms with Crippen LogP contribution in [0, 0.1) is 5.92 Å². The van der Waals surface area contributed by atoms with Gasteiger partial charge in [0.1, 0.15) is 0 Å². The Morgan fingerprint density at radius 1 is 1.20 bits per heavy atom. The highest BCUT2D eigenvalue weighted by Crippen LogP contribution is 2.16. The summed E-state index contributed by atoms with van der Waals surface area (Å²) < 4.78 is 15.8. The minimum atomic E-state index is -0.413. The molecule has 1 heterocycles. The van der Waals surface area contributed by atoms with Gasteiger partial charge in [-0.3, -0.25) is 9.59 Å². The summed E-state index contributed by atoms with van der Waals surface area (Å²) in [6.45, 7) is 6.09. The molecule has 0 aromatic rings. The lowest BCUT2D eigenvalue weighted by atomic mass is 10.1. The first kappa shape index (κ1) is 16.9. The molecule has 1 saturated heterocycles. The Morgan fingerprint density at radius 3 is 2.35 bits per heavy atom. The molecule has 2 amide bonds. The molecule has 2 N–H and O–H groups in total. The van der Waals surface area contributed by atoms with Gasteiger partial charge in [-0.1, -0.05) is 0 Å². The van der Waals surface area contributed by atoms with Gasteiger partial charge in [0.25, 0.3) is 0 Å². The highest BCUT2D eigenvalue weighted by atomic mass is 16.5. The van der Waals surface area contributed by atoms with Gasteiger partial charge in [-0.15, -0.1) is 0 Å². The van der Waals surface area contributed by atoms with Gasteiger partial charge in [-0.25, -0.2) is 0 Å². The van der Waals surface area contributed by atoms with Crippen LogP contribution in [0.4, 0.5) is 0 Å². The molecule has 1 fully saturated rings. The number of rotatable bonds is 11. The monoisotopic (exact) mass is 288 g/mol. The van der Waals surface area contributed by atoms with Gasteiger partial charge in [0.15, 0.2) is 0 Å². The fourth-order valence-corrected chi connectivity index (χ4v) is 1.94. The summed E-state index contributed by atoms with van der Waals surface area (Å²) in [4.78, 5) is 24.2. The van der Waals surface area contributed by atoms with E-state index in [1.54, 1.807) is 4.90 Å². The van der Waals surface area contributed by atoms with Gasteiger partial charge < -0.3 is 24.8 Å². The van der Waals surface area contributed by atoms with E-state index in [4.69, 9.17) is 19.9 Å². The van der Waals surface area contributed by atoms with E-state index in [1.165, 1.54) is 0 Å². The molecule has 7 nitrogen and oxygen atoms in total. The van der Waals surface area contributed by atoms with Crippen molar-refractivity contribution in [3.05, 3.63) is 0 Å². The van der Waals surface area contributed by atoms with Crippen molar-refractivity contribution >= 4 is 11.8 Å². The van der Waals surface area contributed by atoms with Crippen LogP contribution in [-0.4, -0.2) is 69.4 Å². The van der Waals surface area contributed by atoms with Gasteiger partial charge in [0, 0.05) is 26.1 Å². The predicted octanol–water partition coefficient (Wildman–Crippen LogP) is -0.610. The molecule has 1 rings (SSSR count). The molecule has 116 valence electrons. The van der Waals surface area contributed by atoms with Crippen molar-refractivity contribution in [3.63, 3.8) is 0 Å². The van der Waals surface area contributed by atoms with E-state index in [2.05, 4.69) is 0 Å². The molecular weight excluding hydrogens is 264 g/mol. The second kappa shape index (κ2) is 9.68. The fraction of sp³-hybridized carbons (Fsp3) is 0.846. The molecule has 20 heavy (non-hydrogen) atoms. The molecule has 0 aromatic heterocycles. The third-order valence-corrected chi connectivity index (χ3v) is 3.07. The molecule has 1 unspecified atom stereocenters. The number of hydrogen-bond donors (Lipinski definition) is 1. The predicted molar refractivity (Wildman–Crippen MR) is 72.0 cm³/mol. The standard InChI is InChI=1S/C13H24N2O5/c1-2-18-5-6-20-8-7-19-4-3-15-10-11(13(14)17)9-12(15)16/h11H,2-10H2,1H3,(H2,14,17). The van der Waals surface area contributed by atoms with Crippen molar-refractivity contribution in [1.82, 2.24) is 4.90 Å². The third kappa shape index (κ3) is 6.31. The largest absolute Gasteiger partial charge is 0.379 e. The molecular formula is C13H24N2O5. The summed E-state index contributed by atoms with van der Waals surface area (Å²) in [5.41, 5.74) is 5.19. The second-order valence-corrected chi connectivity index (χ2v) is 4.56. The topological polar surface area (TPSA) is 91.1 Å². The first-order chi connectivity index (χ1) is 9.65. The summed E-state index contributed by atoms with van der Waals surface area (Å²) in [5, 5.41) is 0. The number of primary amides is 1. The van der Waals surface area contributed by atoms with Crippen molar-refractivity contribution < 1.29 is 23.8 Å². The van der Waals surface area contributed by atoms with Crippen molar-refractivity contribution in [1.29, 1.82) is 0 Å². The maximum absolute atomic E-state index is 11.6. The van der Waals surface area contributed by atoms with Crippen molar-refractivity contribution in [2.24, 2.45) is 11.7 Å². The zero-order chi connectivity index (χ0) is 14.8. The van der Waals surface area contributed by atoms with Crippen molar-refractivity contribution in [3.8, 4) is 0 Å². The third-order valence-electron chi connectivity index (χ3n) is 3.07. The Kier molecular flexibility index (Phi) is 8.17. The van der Waals surface area contributed by atoms with Crippen molar-refractivity contribution in [2.75, 3.05) is 52.7 Å². The Balaban J connectivity index is 1.96. The molecule has 0 bridgehead atoms. The smallest absolute Gasteiger partial charge is 0.223 e. The number of carbonyl (C=O) groups excluding carboxylic acids is 2. The zero-order valence-corrected chi connectivity index (χ0v) is 12.0. The highest BCUT2D eigenvalue weighted by molar-refractivity contribution is 5.88. The normalized spacial score (nSPS) is 18.8. The van der Waals surface area contributed by atoms with Crippen LogP contribution < -0.4 is 5.73 Å². The Hall–Kier alpha value is -1.18. The van der Waals surface area contributed by atoms with Crippen LogP contribution in [0.25, 0.3) is 0 Å². The van der Waals surface area contributed by atoms with Crippen LogP contribution in [0.2, 0.25) is 0 Å².